The van der Waals surface area contributed by atoms with Gasteiger partial charge in [-0.3, -0.25) is 0 Å². The first kappa shape index (κ1) is 35.5. The molecule has 1 aliphatic rings. The summed E-state index contributed by atoms with van der Waals surface area (Å²) in [7, 11) is 0. The van der Waals surface area contributed by atoms with Crippen LogP contribution in [0.5, 0.6) is 0 Å². The van der Waals surface area contributed by atoms with Crippen LogP contribution in [0, 0.1) is 0 Å². The largest absolute Gasteiger partial charge is 0.309 e. The Balaban J connectivity index is 0.925. The molecule has 2 nitrogen and oxygen atoms in total. The molecule has 0 fully saturated rings. The normalized spacial score (nSPS) is 12.1. The first-order valence-electron chi connectivity index (χ1n) is 21.9. The van der Waals surface area contributed by atoms with Gasteiger partial charge in [0.15, 0.2) is 0 Å². The minimum Gasteiger partial charge on any atom is -0.309 e. The highest BCUT2D eigenvalue weighted by molar-refractivity contribution is 6.29. The van der Waals surface area contributed by atoms with E-state index in [4.69, 9.17) is 0 Å². The molecule has 63 heavy (non-hydrogen) atoms. The van der Waals surface area contributed by atoms with Gasteiger partial charge in [-0.15, -0.1) is 0 Å². The number of nitrogens with zero attached hydrogens (tertiary/aromatic N) is 2. The summed E-state index contributed by atoms with van der Waals surface area (Å²) in [5.41, 5.74) is 22.6. The van der Waals surface area contributed by atoms with Gasteiger partial charge in [0.1, 0.15) is 0 Å². The van der Waals surface area contributed by atoms with Gasteiger partial charge in [0.05, 0.1) is 22.1 Å². The standard InChI is InChI=1S/C61H40N2/c1-3-14-40(15-4-1)42-28-30-44(31-29-42)48-22-12-24-50-51-25-13-23-49(55(51)39-54(48)50)45-18-11-19-47(38-45)63-57-27-10-8-21-53(57)61-59(63)37-36-58-60(61)52-20-7-9-26-56(52)62(58)46-34-32-43(33-35-46)41-16-5-2-6-17-41/h1-38H,39H2. The lowest BCUT2D eigenvalue weighted by molar-refractivity contribution is 1.17. The van der Waals surface area contributed by atoms with Crippen LogP contribution in [0.4, 0.5) is 0 Å². The third kappa shape index (κ3) is 5.58. The molecule has 0 bridgehead atoms. The number of aromatic nitrogens is 2. The number of benzene rings is 10. The third-order valence-corrected chi connectivity index (χ3v) is 13.4. The smallest absolute Gasteiger partial charge is 0.0548 e. The summed E-state index contributed by atoms with van der Waals surface area (Å²) in [6.07, 6.45) is 0.897. The quantitative estimate of drug-likeness (QED) is 0.159. The van der Waals surface area contributed by atoms with E-state index in [1.54, 1.807) is 0 Å². The molecule has 0 saturated carbocycles. The van der Waals surface area contributed by atoms with E-state index in [0.29, 0.717) is 0 Å². The van der Waals surface area contributed by atoms with E-state index in [9.17, 15) is 0 Å². The molecule has 13 rings (SSSR count). The van der Waals surface area contributed by atoms with Gasteiger partial charge in [0.25, 0.3) is 0 Å². The summed E-state index contributed by atoms with van der Waals surface area (Å²) in [6.45, 7) is 0. The fourth-order valence-electron chi connectivity index (χ4n) is 10.6. The van der Waals surface area contributed by atoms with Crippen molar-refractivity contribution in [1.82, 2.24) is 9.13 Å². The Morgan fingerprint density at radius 2 is 0.667 bits per heavy atom. The zero-order valence-corrected chi connectivity index (χ0v) is 34.5. The minimum atomic E-state index is 0.897. The molecule has 0 radical (unpaired) electrons. The van der Waals surface area contributed by atoms with Crippen molar-refractivity contribution in [3.63, 3.8) is 0 Å². The molecule has 0 atom stereocenters. The predicted molar refractivity (Wildman–Crippen MR) is 265 cm³/mol. The number of hydrogen-bond donors (Lipinski definition) is 0. The molecule has 0 spiro atoms. The molecule has 2 heteroatoms. The van der Waals surface area contributed by atoms with Crippen LogP contribution in [-0.2, 0) is 6.42 Å². The summed E-state index contributed by atoms with van der Waals surface area (Å²) < 4.78 is 4.91. The highest BCUT2D eigenvalue weighted by Crippen LogP contribution is 2.47. The van der Waals surface area contributed by atoms with E-state index in [0.717, 1.165) is 17.8 Å². The Labute approximate surface area is 366 Å². The Kier molecular flexibility index (Phi) is 8.01. The van der Waals surface area contributed by atoms with Crippen molar-refractivity contribution >= 4 is 43.6 Å². The Morgan fingerprint density at radius 3 is 1.24 bits per heavy atom. The molecule has 0 N–H and O–H groups in total. The zero-order chi connectivity index (χ0) is 41.4. The Bertz CT molecular complexity index is 3720. The highest BCUT2D eigenvalue weighted by atomic mass is 15.0. The molecule has 0 aliphatic heterocycles. The van der Waals surface area contributed by atoms with Crippen molar-refractivity contribution in [1.29, 1.82) is 0 Å². The van der Waals surface area contributed by atoms with Gasteiger partial charge in [0, 0.05) is 32.9 Å². The lowest BCUT2D eigenvalue weighted by atomic mass is 9.94. The van der Waals surface area contributed by atoms with Crippen molar-refractivity contribution in [2.24, 2.45) is 0 Å². The predicted octanol–water partition coefficient (Wildman–Crippen LogP) is 16.1. The number of rotatable bonds is 6. The van der Waals surface area contributed by atoms with E-state index in [2.05, 4.69) is 240 Å². The van der Waals surface area contributed by atoms with Crippen LogP contribution in [0.2, 0.25) is 0 Å². The van der Waals surface area contributed by atoms with Gasteiger partial charge in [-0.1, -0.05) is 182 Å². The zero-order valence-electron chi connectivity index (χ0n) is 34.5. The molecule has 2 heterocycles. The van der Waals surface area contributed by atoms with E-state index >= 15 is 0 Å². The van der Waals surface area contributed by atoms with Gasteiger partial charge in [-0.05, 0) is 122 Å². The molecule has 1 aliphatic carbocycles. The average molecular weight is 801 g/mol. The van der Waals surface area contributed by atoms with Gasteiger partial charge in [-0.25, -0.2) is 0 Å². The fourth-order valence-corrected chi connectivity index (χ4v) is 10.6. The van der Waals surface area contributed by atoms with Crippen LogP contribution in [0.3, 0.4) is 0 Å². The third-order valence-electron chi connectivity index (χ3n) is 13.4. The van der Waals surface area contributed by atoms with Crippen molar-refractivity contribution in [2.75, 3.05) is 0 Å². The first-order chi connectivity index (χ1) is 31.3. The van der Waals surface area contributed by atoms with Crippen LogP contribution in [0.15, 0.2) is 231 Å². The second-order valence-electron chi connectivity index (χ2n) is 16.8. The molecular formula is C61H40N2. The molecule has 0 unspecified atom stereocenters. The van der Waals surface area contributed by atoms with E-state index < -0.39 is 0 Å². The lowest BCUT2D eigenvalue weighted by Gasteiger charge is -2.13. The molecule has 294 valence electrons. The van der Waals surface area contributed by atoms with E-state index in [-0.39, 0.29) is 0 Å². The molecule has 0 amide bonds. The number of fused-ring (bicyclic) bond motifs is 10. The van der Waals surface area contributed by atoms with E-state index in [1.165, 1.54) is 110 Å². The van der Waals surface area contributed by atoms with Gasteiger partial charge in [0.2, 0.25) is 0 Å². The summed E-state index contributed by atoms with van der Waals surface area (Å²) >= 11 is 0. The van der Waals surface area contributed by atoms with Crippen LogP contribution in [0.25, 0.3) is 111 Å². The summed E-state index contributed by atoms with van der Waals surface area (Å²) in [5, 5.41) is 5.08. The van der Waals surface area contributed by atoms with Crippen molar-refractivity contribution in [2.45, 2.75) is 6.42 Å². The minimum absolute atomic E-state index is 0.897. The molecule has 10 aromatic carbocycles. The monoisotopic (exact) mass is 800 g/mol. The van der Waals surface area contributed by atoms with Crippen LogP contribution < -0.4 is 0 Å². The lowest BCUT2D eigenvalue weighted by Crippen LogP contribution is -1.96. The maximum atomic E-state index is 2.48. The molecule has 2 aromatic heterocycles. The fraction of sp³-hybridized carbons (Fsp3) is 0.0164. The van der Waals surface area contributed by atoms with Crippen molar-refractivity contribution in [3.8, 4) is 67.0 Å². The summed E-state index contributed by atoms with van der Waals surface area (Å²) in [6, 6.07) is 84.7. The summed E-state index contributed by atoms with van der Waals surface area (Å²) in [5.74, 6) is 0. The molecule has 12 aromatic rings. The van der Waals surface area contributed by atoms with Crippen LogP contribution in [0.1, 0.15) is 11.1 Å². The SMILES string of the molecule is c1ccc(-c2ccc(-c3cccc4c3Cc3c(-c5cccc(-n6c7ccccc7c7c8c9ccccc9n(-c9ccc(-c%10ccccc%10)cc9)c8ccc76)c5)cccc3-4)cc2)cc1. The second-order valence-corrected chi connectivity index (χ2v) is 16.8. The van der Waals surface area contributed by atoms with Crippen molar-refractivity contribution < 1.29 is 0 Å². The maximum Gasteiger partial charge on any atom is 0.0548 e. The second kappa shape index (κ2) is 14.2. The molecular weight excluding hydrogens is 761 g/mol. The van der Waals surface area contributed by atoms with Gasteiger partial charge < -0.3 is 9.13 Å². The number of hydrogen-bond acceptors (Lipinski definition) is 0. The highest BCUT2D eigenvalue weighted by Gasteiger charge is 2.25. The first-order valence-corrected chi connectivity index (χ1v) is 21.9. The maximum absolute atomic E-state index is 2.48. The Hall–Kier alpha value is -8.20. The van der Waals surface area contributed by atoms with Crippen molar-refractivity contribution in [3.05, 3.63) is 242 Å². The number of para-hydroxylation sites is 2. The molecule has 0 saturated heterocycles. The topological polar surface area (TPSA) is 9.86 Å². The average Bonchev–Trinajstić information content (AvgIpc) is 4.03. The van der Waals surface area contributed by atoms with Crippen LogP contribution >= 0.6 is 0 Å². The van der Waals surface area contributed by atoms with Gasteiger partial charge in [-0.2, -0.15) is 0 Å². The van der Waals surface area contributed by atoms with Gasteiger partial charge >= 0.3 is 0 Å². The Morgan fingerprint density at radius 1 is 0.254 bits per heavy atom. The summed E-state index contributed by atoms with van der Waals surface area (Å²) in [4.78, 5) is 0. The van der Waals surface area contributed by atoms with E-state index in [1.807, 2.05) is 0 Å². The van der Waals surface area contributed by atoms with Crippen LogP contribution in [-0.4, -0.2) is 9.13 Å².